The summed E-state index contributed by atoms with van der Waals surface area (Å²) in [5, 5.41) is 0.794. The van der Waals surface area contributed by atoms with Gasteiger partial charge >= 0.3 is 0 Å². The second kappa shape index (κ2) is 4.64. The summed E-state index contributed by atoms with van der Waals surface area (Å²) < 4.78 is 13.7. The molecule has 0 saturated heterocycles. The minimum absolute atomic E-state index is 0.0227. The fraction of sp³-hybridized carbons (Fsp3) is 0. The molecule has 7 heteroatoms. The summed E-state index contributed by atoms with van der Waals surface area (Å²) >= 11 is 5.75. The number of hydrogen-bond donors (Lipinski definition) is 3. The second-order valence-electron chi connectivity index (χ2n) is 3.24. The van der Waals surface area contributed by atoms with Crippen LogP contribution in [0.1, 0.15) is 9.67 Å². The Bertz CT molecular complexity index is 596. The monoisotopic (exact) mass is 269 g/mol. The van der Waals surface area contributed by atoms with Crippen molar-refractivity contribution in [2.24, 2.45) is 5.73 Å². The summed E-state index contributed by atoms with van der Waals surface area (Å²) in [7, 11) is 0. The molecule has 1 amide bonds. The van der Waals surface area contributed by atoms with Crippen LogP contribution in [-0.2, 0) is 0 Å². The second-order valence-corrected chi connectivity index (χ2v) is 4.76. The molecule has 0 atom stereocenters. The summed E-state index contributed by atoms with van der Waals surface area (Å²) in [5.41, 5.74) is 9.85. The summed E-state index contributed by atoms with van der Waals surface area (Å²) in [4.78, 5) is 12.1. The van der Waals surface area contributed by atoms with Crippen LogP contribution in [0.15, 0.2) is 24.3 Å². The van der Waals surface area contributed by atoms with Crippen molar-refractivity contribution >= 4 is 44.7 Å². The first-order valence-corrected chi connectivity index (χ1v) is 5.83. The van der Waals surface area contributed by atoms with E-state index in [-0.39, 0.29) is 16.8 Å². The first-order chi connectivity index (χ1) is 8.06. The maximum absolute atomic E-state index is 13.0. The molecule has 1 heterocycles. The molecule has 0 fully saturated rings. The summed E-state index contributed by atoms with van der Waals surface area (Å²) in [6, 6.07) is 6.04. The molecule has 17 heavy (non-hydrogen) atoms. The normalized spacial score (nSPS) is 10.2. The van der Waals surface area contributed by atoms with Gasteiger partial charge < -0.3 is 5.73 Å². The average molecular weight is 269 g/mol. The maximum atomic E-state index is 13.0. The van der Waals surface area contributed by atoms with Gasteiger partial charge in [-0.25, -0.2) is 4.39 Å². The molecule has 0 aliphatic rings. The van der Waals surface area contributed by atoms with Crippen molar-refractivity contribution in [1.82, 2.24) is 10.9 Å². The predicted octanol–water partition coefficient (Wildman–Crippen LogP) is 1.52. The van der Waals surface area contributed by atoms with E-state index in [0.717, 1.165) is 5.39 Å². The van der Waals surface area contributed by atoms with E-state index in [1.54, 1.807) is 12.1 Å². The molecule has 2 aromatic rings. The lowest BCUT2D eigenvalue weighted by molar-refractivity contribution is 0.0948. The molecule has 0 aliphatic carbocycles. The van der Waals surface area contributed by atoms with Crippen LogP contribution in [0.2, 0.25) is 0 Å². The van der Waals surface area contributed by atoms with Crippen molar-refractivity contribution in [2.75, 3.05) is 0 Å². The van der Waals surface area contributed by atoms with Gasteiger partial charge in [-0.2, -0.15) is 0 Å². The third-order valence-corrected chi connectivity index (χ3v) is 3.20. The van der Waals surface area contributed by atoms with Crippen LogP contribution in [0.3, 0.4) is 0 Å². The van der Waals surface area contributed by atoms with Gasteiger partial charge in [0.2, 0.25) is 0 Å². The highest BCUT2D eigenvalue weighted by molar-refractivity contribution is 7.80. The molecule has 88 valence electrons. The number of amides is 1. The molecule has 0 spiro atoms. The van der Waals surface area contributed by atoms with E-state index in [9.17, 15) is 9.18 Å². The highest BCUT2D eigenvalue weighted by Gasteiger charge is 2.10. The number of carbonyl (C=O) groups excluding carboxylic acids is 1. The molecule has 1 aromatic carbocycles. The third kappa shape index (κ3) is 2.69. The predicted molar refractivity (Wildman–Crippen MR) is 69.2 cm³/mol. The lowest BCUT2D eigenvalue weighted by Crippen LogP contribution is -2.44. The fourth-order valence-electron chi connectivity index (χ4n) is 1.30. The van der Waals surface area contributed by atoms with Gasteiger partial charge in [0.25, 0.3) is 5.91 Å². The number of hydrogen-bond acceptors (Lipinski definition) is 3. The quantitative estimate of drug-likeness (QED) is 0.542. The molecular weight excluding hydrogens is 261 g/mol. The van der Waals surface area contributed by atoms with Crippen molar-refractivity contribution in [2.45, 2.75) is 0 Å². The number of halogens is 1. The van der Waals surface area contributed by atoms with Gasteiger partial charge in [-0.05, 0) is 35.8 Å². The van der Waals surface area contributed by atoms with Gasteiger partial charge in [0.15, 0.2) is 5.11 Å². The van der Waals surface area contributed by atoms with Crippen LogP contribution < -0.4 is 16.6 Å². The molecule has 1 aromatic heterocycles. The SMILES string of the molecule is NC(=S)NNC(=O)c1cc2ccc(F)cc2s1. The third-order valence-electron chi connectivity index (χ3n) is 2.01. The molecule has 0 unspecified atom stereocenters. The average Bonchev–Trinajstić information content (AvgIpc) is 2.68. The van der Waals surface area contributed by atoms with Crippen LogP contribution in [0.4, 0.5) is 4.39 Å². The van der Waals surface area contributed by atoms with Crippen LogP contribution in [0, 0.1) is 5.82 Å². The number of fused-ring (bicyclic) bond motifs is 1. The van der Waals surface area contributed by atoms with E-state index >= 15 is 0 Å². The zero-order valence-corrected chi connectivity index (χ0v) is 10.1. The van der Waals surface area contributed by atoms with Gasteiger partial charge in [0.1, 0.15) is 5.82 Å². The van der Waals surface area contributed by atoms with E-state index < -0.39 is 0 Å². The van der Waals surface area contributed by atoms with E-state index in [1.807, 2.05) is 0 Å². The van der Waals surface area contributed by atoms with Crippen molar-refractivity contribution in [3.8, 4) is 0 Å². The number of carbonyl (C=O) groups is 1. The highest BCUT2D eigenvalue weighted by atomic mass is 32.1. The number of thiocarbonyl (C=S) groups is 1. The van der Waals surface area contributed by atoms with Crippen LogP contribution in [0.25, 0.3) is 10.1 Å². The molecule has 4 nitrogen and oxygen atoms in total. The van der Waals surface area contributed by atoms with Crippen LogP contribution >= 0.6 is 23.6 Å². The first-order valence-electron chi connectivity index (χ1n) is 4.61. The zero-order chi connectivity index (χ0) is 12.4. The number of nitrogens with two attached hydrogens (primary N) is 1. The summed E-state index contributed by atoms with van der Waals surface area (Å²) in [6.45, 7) is 0. The molecule has 0 saturated carbocycles. The van der Waals surface area contributed by atoms with E-state index in [4.69, 9.17) is 5.73 Å². The number of benzene rings is 1. The minimum atomic E-state index is -0.362. The smallest absolute Gasteiger partial charge is 0.279 e. The molecule has 2 rings (SSSR count). The molecule has 0 bridgehead atoms. The summed E-state index contributed by atoms with van der Waals surface area (Å²) in [6.07, 6.45) is 0. The van der Waals surface area contributed by atoms with Gasteiger partial charge in [-0.3, -0.25) is 15.6 Å². The van der Waals surface area contributed by atoms with Crippen molar-refractivity contribution in [1.29, 1.82) is 0 Å². The molecular formula is C10H8FN3OS2. The topological polar surface area (TPSA) is 67.2 Å². The van der Waals surface area contributed by atoms with Gasteiger partial charge in [-0.1, -0.05) is 6.07 Å². The zero-order valence-electron chi connectivity index (χ0n) is 8.49. The number of hydrazine groups is 1. The first kappa shape index (κ1) is 11.7. The molecule has 0 radical (unpaired) electrons. The van der Waals surface area contributed by atoms with E-state index in [1.165, 1.54) is 23.5 Å². The fourth-order valence-corrected chi connectivity index (χ4v) is 2.33. The lowest BCUT2D eigenvalue weighted by Gasteiger charge is -2.03. The minimum Gasteiger partial charge on any atom is -0.375 e. The number of nitrogens with one attached hydrogen (secondary N) is 2. The van der Waals surface area contributed by atoms with Gasteiger partial charge in [-0.15, -0.1) is 11.3 Å². The van der Waals surface area contributed by atoms with Crippen molar-refractivity contribution in [3.05, 3.63) is 35.0 Å². The van der Waals surface area contributed by atoms with Crippen LogP contribution in [0.5, 0.6) is 0 Å². The molecule has 0 aliphatic heterocycles. The standard InChI is InChI=1S/C10H8FN3OS2/c11-6-2-1-5-3-8(17-7(5)4-6)9(15)13-14-10(12)16/h1-4H,(H,13,15)(H3,12,14,16). The highest BCUT2D eigenvalue weighted by Crippen LogP contribution is 2.26. The van der Waals surface area contributed by atoms with Gasteiger partial charge in [0.05, 0.1) is 4.88 Å². The van der Waals surface area contributed by atoms with Crippen LogP contribution in [-0.4, -0.2) is 11.0 Å². The van der Waals surface area contributed by atoms with Crippen molar-refractivity contribution < 1.29 is 9.18 Å². The number of rotatable bonds is 1. The lowest BCUT2D eigenvalue weighted by atomic mass is 10.2. The van der Waals surface area contributed by atoms with Crippen molar-refractivity contribution in [3.63, 3.8) is 0 Å². The van der Waals surface area contributed by atoms with E-state index in [0.29, 0.717) is 9.58 Å². The summed E-state index contributed by atoms with van der Waals surface area (Å²) in [5.74, 6) is -0.688. The molecule has 4 N–H and O–H groups in total. The van der Waals surface area contributed by atoms with Gasteiger partial charge in [0, 0.05) is 4.70 Å². The Morgan fingerprint density at radius 3 is 2.82 bits per heavy atom. The maximum Gasteiger partial charge on any atom is 0.279 e. The number of thiophene rings is 1. The largest absolute Gasteiger partial charge is 0.375 e. The Hall–Kier alpha value is -1.73. The Morgan fingerprint density at radius 1 is 1.35 bits per heavy atom. The Labute approximate surface area is 106 Å². The van der Waals surface area contributed by atoms with E-state index in [2.05, 4.69) is 23.1 Å². The Balaban J connectivity index is 2.24. The Morgan fingerprint density at radius 2 is 2.12 bits per heavy atom. The Kier molecular flexibility index (Phi) is 3.21.